The molecular formula is C25H36F3N3O5S. The van der Waals surface area contributed by atoms with Gasteiger partial charge in [0.15, 0.2) is 0 Å². The van der Waals surface area contributed by atoms with Crippen LogP contribution >= 0.6 is 0 Å². The largest absolute Gasteiger partial charge is 0.444 e. The highest BCUT2D eigenvalue weighted by molar-refractivity contribution is 7.89. The second-order valence-corrected chi connectivity index (χ2v) is 13.2. The number of likely N-dealkylation sites (N-methyl/N-ethyl adjacent to an activating group) is 1. The number of halogens is 3. The Balaban J connectivity index is 1.72. The molecule has 208 valence electrons. The number of carbonyl (C=O) groups is 2. The summed E-state index contributed by atoms with van der Waals surface area (Å²) < 4.78 is 72.3. The number of alkyl halides is 3. The summed E-state index contributed by atoms with van der Waals surface area (Å²) in [6.45, 7) is 9.13. The third kappa shape index (κ3) is 6.57. The molecule has 37 heavy (non-hydrogen) atoms. The number of benzene rings is 1. The van der Waals surface area contributed by atoms with E-state index in [0.29, 0.717) is 18.9 Å². The number of fused-ring (bicyclic) bond motifs is 1. The number of amides is 2. The van der Waals surface area contributed by atoms with E-state index in [1.165, 1.54) is 16.3 Å². The summed E-state index contributed by atoms with van der Waals surface area (Å²) in [5, 5.41) is 3.01. The van der Waals surface area contributed by atoms with E-state index in [2.05, 4.69) is 5.32 Å². The van der Waals surface area contributed by atoms with Crippen molar-refractivity contribution < 1.29 is 35.9 Å². The highest BCUT2D eigenvalue weighted by Crippen LogP contribution is 2.41. The Kier molecular flexibility index (Phi) is 8.24. The molecule has 2 fully saturated rings. The molecule has 1 saturated heterocycles. The summed E-state index contributed by atoms with van der Waals surface area (Å²) in [5.74, 6) is -0.764. The van der Waals surface area contributed by atoms with Crippen molar-refractivity contribution in [1.82, 2.24) is 14.5 Å². The Bertz CT molecular complexity index is 1120. The van der Waals surface area contributed by atoms with Crippen LogP contribution in [-0.2, 0) is 25.7 Å². The summed E-state index contributed by atoms with van der Waals surface area (Å²) in [4.78, 5) is 26.7. The van der Waals surface area contributed by atoms with Gasteiger partial charge in [0.05, 0.1) is 10.5 Å². The fourth-order valence-corrected chi connectivity index (χ4v) is 6.80. The van der Waals surface area contributed by atoms with Gasteiger partial charge in [0, 0.05) is 26.2 Å². The van der Waals surface area contributed by atoms with Gasteiger partial charge in [-0.15, -0.1) is 0 Å². The Hall–Kier alpha value is -2.34. The van der Waals surface area contributed by atoms with Crippen LogP contribution in [0.5, 0.6) is 0 Å². The summed E-state index contributed by atoms with van der Waals surface area (Å²) in [5.41, 5.74) is -1.74. The zero-order chi connectivity index (χ0) is 27.9. The van der Waals surface area contributed by atoms with Gasteiger partial charge < -0.3 is 10.1 Å². The lowest BCUT2D eigenvalue weighted by atomic mass is 9.96. The fourth-order valence-electron chi connectivity index (χ4n) is 5.22. The first-order valence-electron chi connectivity index (χ1n) is 12.4. The molecule has 0 aromatic heterocycles. The van der Waals surface area contributed by atoms with Crippen molar-refractivity contribution in [3.05, 3.63) is 29.8 Å². The molecule has 1 unspecified atom stereocenters. The molecule has 1 N–H and O–H groups in total. The lowest BCUT2D eigenvalue weighted by Gasteiger charge is -2.33. The molecule has 1 aromatic carbocycles. The van der Waals surface area contributed by atoms with Crippen molar-refractivity contribution >= 4 is 22.0 Å². The Morgan fingerprint density at radius 2 is 1.78 bits per heavy atom. The van der Waals surface area contributed by atoms with Gasteiger partial charge in [0.1, 0.15) is 11.6 Å². The molecule has 0 spiro atoms. The van der Waals surface area contributed by atoms with Crippen LogP contribution in [0.3, 0.4) is 0 Å². The van der Waals surface area contributed by atoms with Crippen molar-refractivity contribution in [2.45, 2.75) is 76.2 Å². The van der Waals surface area contributed by atoms with Crippen LogP contribution in [0.1, 0.15) is 53.0 Å². The van der Waals surface area contributed by atoms with Crippen LogP contribution in [0.2, 0.25) is 0 Å². The molecule has 1 aromatic rings. The van der Waals surface area contributed by atoms with Crippen LogP contribution in [0, 0.1) is 17.8 Å². The van der Waals surface area contributed by atoms with E-state index in [4.69, 9.17) is 4.74 Å². The van der Waals surface area contributed by atoms with Crippen molar-refractivity contribution in [2.24, 2.45) is 17.8 Å². The third-order valence-corrected chi connectivity index (χ3v) is 8.78. The van der Waals surface area contributed by atoms with E-state index in [0.717, 1.165) is 18.2 Å². The minimum Gasteiger partial charge on any atom is -0.444 e. The summed E-state index contributed by atoms with van der Waals surface area (Å²) in [7, 11) is -2.63. The molecule has 0 radical (unpaired) electrons. The maximum absolute atomic E-state index is 13.3. The van der Waals surface area contributed by atoms with Gasteiger partial charge in [-0.25, -0.2) is 13.2 Å². The van der Waals surface area contributed by atoms with Crippen molar-refractivity contribution in [3.8, 4) is 0 Å². The van der Waals surface area contributed by atoms with Crippen molar-refractivity contribution in [2.75, 3.05) is 20.1 Å². The first-order valence-corrected chi connectivity index (χ1v) is 13.8. The Morgan fingerprint density at radius 3 is 2.35 bits per heavy atom. The number of nitrogens with one attached hydrogen (secondary N) is 1. The molecular weight excluding hydrogens is 511 g/mol. The molecule has 8 nitrogen and oxygen atoms in total. The van der Waals surface area contributed by atoms with Gasteiger partial charge in [-0.3, -0.25) is 9.69 Å². The second-order valence-electron chi connectivity index (χ2n) is 11.2. The molecule has 2 aliphatic rings. The lowest BCUT2D eigenvalue weighted by molar-refractivity contribution is -0.137. The van der Waals surface area contributed by atoms with Gasteiger partial charge in [-0.05, 0) is 69.6 Å². The van der Waals surface area contributed by atoms with Gasteiger partial charge in [0.2, 0.25) is 15.9 Å². The minimum absolute atomic E-state index is 0.0213. The molecule has 1 saturated carbocycles. The molecule has 2 amide bonds. The second kappa shape index (κ2) is 10.4. The maximum atomic E-state index is 13.3. The van der Waals surface area contributed by atoms with Gasteiger partial charge in [0.25, 0.3) is 0 Å². The van der Waals surface area contributed by atoms with Gasteiger partial charge >= 0.3 is 12.3 Å². The normalized spacial score (nSPS) is 23.6. The SMILES string of the molecule is CC(C)C(C(=O)N[C@H]1CC[C@@H]2CN(S(=O)(=O)c3cccc(C(F)(F)F)c3)C[C@@H]21)N(C)C(=O)OC(C)(C)C. The topological polar surface area (TPSA) is 96.0 Å². The van der Waals surface area contributed by atoms with E-state index >= 15 is 0 Å². The summed E-state index contributed by atoms with van der Waals surface area (Å²) in [6.07, 6.45) is -3.94. The third-order valence-electron chi connectivity index (χ3n) is 6.95. The monoisotopic (exact) mass is 547 g/mol. The lowest BCUT2D eigenvalue weighted by Crippen LogP contribution is -2.54. The van der Waals surface area contributed by atoms with Gasteiger partial charge in [-0.2, -0.15) is 17.5 Å². The number of sulfonamides is 1. The summed E-state index contributed by atoms with van der Waals surface area (Å²) in [6, 6.07) is 2.64. The van der Waals surface area contributed by atoms with Crippen LogP contribution in [-0.4, -0.2) is 67.4 Å². The van der Waals surface area contributed by atoms with Crippen LogP contribution in [0.4, 0.5) is 18.0 Å². The molecule has 1 aliphatic heterocycles. The van der Waals surface area contributed by atoms with E-state index < -0.39 is 44.4 Å². The zero-order valence-corrected chi connectivity index (χ0v) is 22.8. The first-order chi connectivity index (χ1) is 16.9. The van der Waals surface area contributed by atoms with Gasteiger partial charge in [-0.1, -0.05) is 19.9 Å². The molecule has 1 heterocycles. The maximum Gasteiger partial charge on any atom is 0.416 e. The predicted octanol–water partition coefficient (Wildman–Crippen LogP) is 4.11. The predicted molar refractivity (Wildman–Crippen MR) is 131 cm³/mol. The average Bonchev–Trinajstić information content (AvgIpc) is 3.34. The zero-order valence-electron chi connectivity index (χ0n) is 22.0. The molecule has 0 bridgehead atoms. The quantitative estimate of drug-likeness (QED) is 0.578. The van der Waals surface area contributed by atoms with Crippen molar-refractivity contribution in [3.63, 3.8) is 0 Å². The van der Waals surface area contributed by atoms with E-state index in [9.17, 15) is 31.2 Å². The highest BCUT2D eigenvalue weighted by Gasteiger charge is 2.48. The number of ether oxygens (including phenoxy) is 1. The van der Waals surface area contributed by atoms with Crippen molar-refractivity contribution in [1.29, 1.82) is 0 Å². The Morgan fingerprint density at radius 1 is 1.14 bits per heavy atom. The molecule has 1 aliphatic carbocycles. The number of hydrogen-bond donors (Lipinski definition) is 1. The number of rotatable bonds is 6. The number of hydrogen-bond acceptors (Lipinski definition) is 5. The van der Waals surface area contributed by atoms with Crippen LogP contribution in [0.25, 0.3) is 0 Å². The molecule has 12 heteroatoms. The van der Waals surface area contributed by atoms with Crippen LogP contribution in [0.15, 0.2) is 29.2 Å². The Labute approximate surface area is 216 Å². The highest BCUT2D eigenvalue weighted by atomic mass is 32.2. The summed E-state index contributed by atoms with van der Waals surface area (Å²) >= 11 is 0. The van der Waals surface area contributed by atoms with E-state index in [1.54, 1.807) is 20.8 Å². The number of carbonyl (C=O) groups excluding carboxylic acids is 2. The van der Waals surface area contributed by atoms with Crippen LogP contribution < -0.4 is 5.32 Å². The smallest absolute Gasteiger partial charge is 0.416 e. The first kappa shape index (κ1) is 29.2. The molecule has 3 rings (SSSR count). The minimum atomic E-state index is -4.65. The number of nitrogens with zero attached hydrogens (tertiary/aromatic N) is 2. The standard InChI is InChI=1S/C25H36F3N3O5S/c1-15(2)21(30(6)23(33)36-24(3,4)5)22(32)29-20-11-10-16-13-31(14-19(16)20)37(34,35)18-9-7-8-17(12-18)25(26,27)28/h7-9,12,15-16,19-21H,10-11,13-14H2,1-6H3,(H,29,32)/t16-,19+,20+,21?/m1/s1. The average molecular weight is 548 g/mol. The van der Waals surface area contributed by atoms with E-state index in [1.807, 2.05) is 13.8 Å². The van der Waals surface area contributed by atoms with E-state index in [-0.39, 0.29) is 42.8 Å². The molecule has 4 atom stereocenters. The fraction of sp³-hybridized carbons (Fsp3) is 0.680.